The molecule has 8 heteroatoms. The van der Waals surface area contributed by atoms with E-state index in [0.29, 0.717) is 12.0 Å². The summed E-state index contributed by atoms with van der Waals surface area (Å²) in [6.45, 7) is 9.88. The summed E-state index contributed by atoms with van der Waals surface area (Å²) in [7, 11) is 0. The van der Waals surface area contributed by atoms with Crippen molar-refractivity contribution < 1.29 is 9.59 Å². The number of amides is 3. The lowest BCUT2D eigenvalue weighted by Gasteiger charge is -2.19. The van der Waals surface area contributed by atoms with Gasteiger partial charge >= 0.3 is 6.03 Å². The van der Waals surface area contributed by atoms with Crippen LogP contribution in [0.2, 0.25) is 0 Å². The lowest BCUT2D eigenvalue weighted by molar-refractivity contribution is 0.102. The number of aryl methyl sites for hydroxylation is 3. The first kappa shape index (κ1) is 24.5. The lowest BCUT2D eigenvalue weighted by atomic mass is 10.00. The summed E-state index contributed by atoms with van der Waals surface area (Å²) >= 11 is 1.45. The average molecular weight is 466 g/mol. The standard InChI is InChI=1S/C25H31N5O2S/c1-6-18(13-26)11-17(5)27-24(32)30-25-28-20-8-7-19(12-21(20)33-25)23(31)29-22-15(3)9-14(2)10-16(22)4/h7-10,12,17-18,25,28H,6,11H2,1-5H3,(H,29,31)(H2,27,30,32). The van der Waals surface area contributed by atoms with E-state index in [1.54, 1.807) is 6.07 Å². The van der Waals surface area contributed by atoms with E-state index in [0.717, 1.165) is 39.4 Å². The third-order valence-electron chi connectivity index (χ3n) is 5.64. The van der Waals surface area contributed by atoms with Gasteiger partial charge in [0.05, 0.1) is 11.8 Å². The zero-order valence-electron chi connectivity index (χ0n) is 19.7. The van der Waals surface area contributed by atoms with Crippen LogP contribution in [-0.4, -0.2) is 23.5 Å². The molecule has 0 spiro atoms. The maximum atomic E-state index is 12.9. The van der Waals surface area contributed by atoms with Gasteiger partial charge in [0.2, 0.25) is 0 Å². The summed E-state index contributed by atoms with van der Waals surface area (Å²) in [5.41, 5.74) is 5.14. The molecule has 174 valence electrons. The van der Waals surface area contributed by atoms with Crippen LogP contribution in [0.15, 0.2) is 35.2 Å². The van der Waals surface area contributed by atoms with Crippen molar-refractivity contribution in [1.82, 2.24) is 10.6 Å². The number of carbonyl (C=O) groups is 2. The van der Waals surface area contributed by atoms with Gasteiger partial charge in [-0.25, -0.2) is 4.79 Å². The zero-order valence-corrected chi connectivity index (χ0v) is 20.5. The molecule has 0 bridgehead atoms. The number of fused-ring (bicyclic) bond motifs is 1. The summed E-state index contributed by atoms with van der Waals surface area (Å²) in [5.74, 6) is -0.236. The molecule has 33 heavy (non-hydrogen) atoms. The summed E-state index contributed by atoms with van der Waals surface area (Å²) in [6, 6.07) is 11.4. The van der Waals surface area contributed by atoms with E-state index in [1.165, 1.54) is 11.8 Å². The average Bonchev–Trinajstić information content (AvgIpc) is 3.15. The Balaban J connectivity index is 1.59. The first-order chi connectivity index (χ1) is 15.7. The Bertz CT molecular complexity index is 1070. The predicted molar refractivity (Wildman–Crippen MR) is 133 cm³/mol. The summed E-state index contributed by atoms with van der Waals surface area (Å²) in [5, 5.41) is 21.2. The van der Waals surface area contributed by atoms with E-state index in [4.69, 9.17) is 5.26 Å². The van der Waals surface area contributed by atoms with Gasteiger partial charge < -0.3 is 21.3 Å². The van der Waals surface area contributed by atoms with Crippen molar-refractivity contribution >= 4 is 35.1 Å². The van der Waals surface area contributed by atoms with E-state index in [2.05, 4.69) is 39.5 Å². The number of benzene rings is 2. The molecule has 0 saturated heterocycles. The Morgan fingerprint density at radius 3 is 2.52 bits per heavy atom. The highest BCUT2D eigenvalue weighted by atomic mass is 32.2. The topological polar surface area (TPSA) is 106 Å². The second-order valence-electron chi connectivity index (χ2n) is 8.57. The normalized spacial score (nSPS) is 16.1. The van der Waals surface area contributed by atoms with Crippen LogP contribution >= 0.6 is 11.8 Å². The third-order valence-corrected chi connectivity index (χ3v) is 6.71. The smallest absolute Gasteiger partial charge is 0.317 e. The minimum Gasteiger partial charge on any atom is -0.356 e. The van der Waals surface area contributed by atoms with Crippen LogP contribution < -0.4 is 21.3 Å². The van der Waals surface area contributed by atoms with Gasteiger partial charge in [-0.2, -0.15) is 5.26 Å². The molecule has 2 aromatic rings. The van der Waals surface area contributed by atoms with Crippen molar-refractivity contribution in [3.63, 3.8) is 0 Å². The Morgan fingerprint density at radius 1 is 1.18 bits per heavy atom. The Morgan fingerprint density at radius 2 is 1.88 bits per heavy atom. The molecule has 0 saturated carbocycles. The second kappa shape index (κ2) is 10.6. The number of hydrogen-bond acceptors (Lipinski definition) is 5. The lowest BCUT2D eigenvalue weighted by Crippen LogP contribution is -2.46. The number of nitriles is 1. The first-order valence-electron chi connectivity index (χ1n) is 11.1. The van der Waals surface area contributed by atoms with Crippen LogP contribution in [0.25, 0.3) is 0 Å². The van der Waals surface area contributed by atoms with Crippen molar-refractivity contribution in [2.45, 2.75) is 63.9 Å². The number of thioether (sulfide) groups is 1. The molecule has 3 unspecified atom stereocenters. The summed E-state index contributed by atoms with van der Waals surface area (Å²) in [6.07, 6.45) is 1.38. The molecular weight excluding hydrogens is 434 g/mol. The monoisotopic (exact) mass is 465 g/mol. The van der Waals surface area contributed by atoms with Crippen LogP contribution in [0.4, 0.5) is 16.2 Å². The highest BCUT2D eigenvalue weighted by Gasteiger charge is 2.25. The largest absolute Gasteiger partial charge is 0.356 e. The molecule has 0 aromatic heterocycles. The van der Waals surface area contributed by atoms with Crippen molar-refractivity contribution in [3.8, 4) is 6.07 Å². The molecule has 0 fully saturated rings. The molecule has 1 aliphatic rings. The van der Waals surface area contributed by atoms with E-state index >= 15 is 0 Å². The van der Waals surface area contributed by atoms with Gasteiger partial charge in [0.25, 0.3) is 5.91 Å². The number of nitrogens with one attached hydrogen (secondary N) is 4. The van der Waals surface area contributed by atoms with Crippen LogP contribution in [0.5, 0.6) is 0 Å². The van der Waals surface area contributed by atoms with Gasteiger partial charge in [0.1, 0.15) is 0 Å². The van der Waals surface area contributed by atoms with Gasteiger partial charge in [-0.15, -0.1) is 0 Å². The number of hydrogen-bond donors (Lipinski definition) is 4. The highest BCUT2D eigenvalue weighted by molar-refractivity contribution is 8.00. The number of urea groups is 1. The van der Waals surface area contributed by atoms with E-state index in [1.807, 2.05) is 46.8 Å². The fourth-order valence-corrected chi connectivity index (χ4v) is 5.04. The molecule has 1 heterocycles. The minimum atomic E-state index is -0.343. The number of carbonyl (C=O) groups excluding carboxylic acids is 2. The van der Waals surface area contributed by atoms with Crippen molar-refractivity contribution in [2.24, 2.45) is 5.92 Å². The van der Waals surface area contributed by atoms with Crippen LogP contribution in [0.1, 0.15) is 53.7 Å². The quantitative estimate of drug-likeness (QED) is 0.444. The fourth-order valence-electron chi connectivity index (χ4n) is 3.99. The Labute approximate surface area is 199 Å². The van der Waals surface area contributed by atoms with Gasteiger partial charge in [-0.1, -0.05) is 36.4 Å². The van der Waals surface area contributed by atoms with Crippen LogP contribution in [-0.2, 0) is 0 Å². The van der Waals surface area contributed by atoms with Gasteiger partial charge in [0, 0.05) is 28.1 Å². The SMILES string of the molecule is CCC(C#N)CC(C)NC(=O)NC1Nc2ccc(C(=O)Nc3c(C)cc(C)cc3C)cc2S1. The maximum absolute atomic E-state index is 12.9. The third kappa shape index (κ3) is 6.20. The van der Waals surface area contributed by atoms with E-state index in [9.17, 15) is 9.59 Å². The second-order valence-corrected chi connectivity index (χ2v) is 9.72. The number of anilines is 2. The Kier molecular flexibility index (Phi) is 7.88. The Hall–Kier alpha value is -3.18. The van der Waals surface area contributed by atoms with Gasteiger partial charge in [-0.05, 0) is 69.9 Å². The molecule has 3 amide bonds. The van der Waals surface area contributed by atoms with Gasteiger partial charge in [0.15, 0.2) is 5.50 Å². The van der Waals surface area contributed by atoms with E-state index < -0.39 is 0 Å². The summed E-state index contributed by atoms with van der Waals surface area (Å²) in [4.78, 5) is 26.1. The zero-order chi connectivity index (χ0) is 24.1. The summed E-state index contributed by atoms with van der Waals surface area (Å²) < 4.78 is 0. The first-order valence-corrected chi connectivity index (χ1v) is 12.0. The number of nitrogens with zero attached hydrogens (tertiary/aromatic N) is 1. The minimum absolute atomic E-state index is 0.0689. The molecule has 7 nitrogen and oxygen atoms in total. The molecule has 0 aliphatic carbocycles. The number of rotatable bonds is 7. The van der Waals surface area contributed by atoms with Gasteiger partial charge in [-0.3, -0.25) is 4.79 Å². The molecule has 2 aromatic carbocycles. The van der Waals surface area contributed by atoms with Crippen molar-refractivity contribution in [3.05, 3.63) is 52.6 Å². The maximum Gasteiger partial charge on any atom is 0.317 e. The molecule has 4 N–H and O–H groups in total. The van der Waals surface area contributed by atoms with E-state index in [-0.39, 0.29) is 29.4 Å². The molecule has 1 aliphatic heterocycles. The van der Waals surface area contributed by atoms with Crippen molar-refractivity contribution in [2.75, 3.05) is 10.6 Å². The van der Waals surface area contributed by atoms with Crippen LogP contribution in [0, 0.1) is 38.0 Å². The fraction of sp³-hybridized carbons (Fsp3) is 0.400. The predicted octanol–water partition coefficient (Wildman–Crippen LogP) is 5.29. The van der Waals surface area contributed by atoms with Crippen molar-refractivity contribution in [1.29, 1.82) is 5.26 Å². The van der Waals surface area contributed by atoms with Crippen LogP contribution in [0.3, 0.4) is 0 Å². The highest BCUT2D eigenvalue weighted by Crippen LogP contribution is 2.38. The molecular formula is C25H31N5O2S. The molecule has 3 rings (SSSR count). The molecule has 3 atom stereocenters. The molecule has 0 radical (unpaired) electrons.